The van der Waals surface area contributed by atoms with Gasteiger partial charge in [-0.1, -0.05) is 18.7 Å². The average Bonchev–Trinajstić information content (AvgIpc) is 2.98. The fourth-order valence-corrected chi connectivity index (χ4v) is 2.30. The molecule has 5 heteroatoms. The van der Waals surface area contributed by atoms with Crippen LogP contribution in [0.15, 0.2) is 55.3 Å². The maximum atomic E-state index is 11.7. The molecule has 2 aromatic heterocycles. The van der Waals surface area contributed by atoms with Crippen LogP contribution in [0.4, 0.5) is 0 Å². The number of hydrogen-bond acceptors (Lipinski definition) is 3. The first-order valence-electron chi connectivity index (χ1n) is 6.58. The number of H-pyrrole nitrogens is 1. The Bertz CT molecular complexity index is 892. The number of aromatic nitrogens is 2. The number of rotatable bonds is 4. The summed E-state index contributed by atoms with van der Waals surface area (Å²) in [5.41, 5.74) is 2.92. The third kappa shape index (κ3) is 2.29. The Morgan fingerprint density at radius 2 is 1.91 bits per heavy atom. The van der Waals surface area contributed by atoms with Crippen LogP contribution >= 0.6 is 0 Å². The van der Waals surface area contributed by atoms with Gasteiger partial charge in [-0.3, -0.25) is 9.78 Å². The van der Waals surface area contributed by atoms with Crippen LogP contribution in [0.2, 0.25) is 0 Å². The van der Waals surface area contributed by atoms with Gasteiger partial charge in [-0.2, -0.15) is 0 Å². The molecule has 0 saturated carbocycles. The predicted octanol–water partition coefficient (Wildman–Crippen LogP) is 3.30. The van der Waals surface area contributed by atoms with Gasteiger partial charge in [0.05, 0.1) is 17.0 Å². The van der Waals surface area contributed by atoms with Crippen molar-refractivity contribution in [3.63, 3.8) is 0 Å². The number of ketones is 1. The first kappa shape index (κ1) is 13.8. The zero-order valence-electron chi connectivity index (χ0n) is 11.5. The third-order valence-electron chi connectivity index (χ3n) is 3.40. The molecule has 0 spiro atoms. The van der Waals surface area contributed by atoms with Crippen molar-refractivity contribution in [2.24, 2.45) is 0 Å². The highest BCUT2D eigenvalue weighted by atomic mass is 16.4. The van der Waals surface area contributed by atoms with Crippen molar-refractivity contribution in [3.05, 3.63) is 66.5 Å². The Morgan fingerprint density at radius 1 is 1.18 bits per heavy atom. The van der Waals surface area contributed by atoms with Crippen LogP contribution in [0, 0.1) is 0 Å². The SMILES string of the molecule is C=CC(=O)c1cc2c(-c3ccc(C(=O)O)cc3)nccc2[nH]1. The molecule has 0 amide bonds. The van der Waals surface area contributed by atoms with E-state index >= 15 is 0 Å². The van der Waals surface area contributed by atoms with Gasteiger partial charge in [-0.05, 0) is 30.3 Å². The molecular formula is C17H12N2O3. The number of carboxylic acids is 1. The topological polar surface area (TPSA) is 83.1 Å². The number of allylic oxidation sites excluding steroid dienone is 1. The lowest BCUT2D eigenvalue weighted by atomic mass is 10.1. The number of pyridine rings is 1. The van der Waals surface area contributed by atoms with Crippen molar-refractivity contribution in [1.82, 2.24) is 9.97 Å². The molecule has 0 atom stereocenters. The predicted molar refractivity (Wildman–Crippen MR) is 83.0 cm³/mol. The third-order valence-corrected chi connectivity index (χ3v) is 3.40. The quantitative estimate of drug-likeness (QED) is 0.571. The van der Waals surface area contributed by atoms with E-state index in [1.165, 1.54) is 18.2 Å². The first-order chi connectivity index (χ1) is 10.6. The summed E-state index contributed by atoms with van der Waals surface area (Å²) in [7, 11) is 0. The summed E-state index contributed by atoms with van der Waals surface area (Å²) in [6.07, 6.45) is 2.89. The van der Waals surface area contributed by atoms with Crippen LogP contribution in [0.5, 0.6) is 0 Å². The Labute approximate surface area is 125 Å². The largest absolute Gasteiger partial charge is 0.478 e. The van der Waals surface area contributed by atoms with E-state index in [4.69, 9.17) is 5.11 Å². The molecule has 2 heterocycles. The van der Waals surface area contributed by atoms with Gasteiger partial charge >= 0.3 is 5.97 Å². The number of carbonyl (C=O) groups is 2. The maximum Gasteiger partial charge on any atom is 0.335 e. The highest BCUT2D eigenvalue weighted by Crippen LogP contribution is 2.27. The molecule has 5 nitrogen and oxygen atoms in total. The lowest BCUT2D eigenvalue weighted by Crippen LogP contribution is -1.95. The minimum Gasteiger partial charge on any atom is -0.478 e. The summed E-state index contributed by atoms with van der Waals surface area (Å²) in [5, 5.41) is 9.74. The molecule has 1 aromatic carbocycles. The number of aromatic carboxylic acids is 1. The second-order valence-electron chi connectivity index (χ2n) is 4.75. The molecule has 0 unspecified atom stereocenters. The number of nitrogens with one attached hydrogen (secondary N) is 1. The second-order valence-corrected chi connectivity index (χ2v) is 4.75. The Kier molecular flexibility index (Phi) is 3.31. The van der Waals surface area contributed by atoms with E-state index in [1.54, 1.807) is 30.5 Å². The number of aromatic amines is 1. The molecule has 0 aliphatic heterocycles. The second kappa shape index (κ2) is 5.29. The number of fused-ring (bicyclic) bond motifs is 1. The maximum absolute atomic E-state index is 11.7. The minimum atomic E-state index is -0.974. The van der Waals surface area contributed by atoms with Crippen molar-refractivity contribution in [1.29, 1.82) is 0 Å². The number of carbonyl (C=O) groups excluding carboxylic acids is 1. The summed E-state index contributed by atoms with van der Waals surface area (Å²) >= 11 is 0. The van der Waals surface area contributed by atoms with E-state index in [1.807, 2.05) is 0 Å². The number of carboxylic acid groups (broad SMARTS) is 1. The fraction of sp³-hybridized carbons (Fsp3) is 0. The van der Waals surface area contributed by atoms with Gasteiger partial charge in [-0.15, -0.1) is 0 Å². The van der Waals surface area contributed by atoms with Gasteiger partial charge in [0.2, 0.25) is 5.78 Å². The summed E-state index contributed by atoms with van der Waals surface area (Å²) in [6.45, 7) is 3.47. The molecule has 22 heavy (non-hydrogen) atoms. The number of benzene rings is 1. The van der Waals surface area contributed by atoms with Crippen LogP contribution in [0.1, 0.15) is 20.8 Å². The van der Waals surface area contributed by atoms with E-state index in [0.717, 1.165) is 16.5 Å². The van der Waals surface area contributed by atoms with E-state index in [9.17, 15) is 9.59 Å². The molecule has 0 saturated heterocycles. The normalized spacial score (nSPS) is 10.5. The van der Waals surface area contributed by atoms with Gasteiger partial charge in [0.1, 0.15) is 0 Å². The summed E-state index contributed by atoms with van der Waals surface area (Å²) in [5.74, 6) is -1.17. The van der Waals surface area contributed by atoms with Crippen molar-refractivity contribution < 1.29 is 14.7 Å². The van der Waals surface area contributed by atoms with E-state index < -0.39 is 5.97 Å². The zero-order valence-corrected chi connectivity index (χ0v) is 11.5. The van der Waals surface area contributed by atoms with Crippen molar-refractivity contribution in [2.75, 3.05) is 0 Å². The van der Waals surface area contributed by atoms with Gasteiger partial charge in [0, 0.05) is 22.7 Å². The standard InChI is InChI=1S/C17H12N2O3/c1-2-15(20)14-9-12-13(19-14)7-8-18-16(12)10-3-5-11(6-4-10)17(21)22/h2-9,19H,1H2,(H,21,22). The van der Waals surface area contributed by atoms with Crippen LogP contribution in [0.25, 0.3) is 22.2 Å². The van der Waals surface area contributed by atoms with Gasteiger partial charge in [-0.25, -0.2) is 4.79 Å². The molecule has 0 fully saturated rings. The van der Waals surface area contributed by atoms with Crippen molar-refractivity contribution in [2.45, 2.75) is 0 Å². The Hall–Kier alpha value is -3.21. The molecule has 3 aromatic rings. The van der Waals surface area contributed by atoms with Crippen LogP contribution in [-0.4, -0.2) is 26.8 Å². The molecule has 0 aliphatic carbocycles. The summed E-state index contributed by atoms with van der Waals surface area (Å²) < 4.78 is 0. The lowest BCUT2D eigenvalue weighted by Gasteiger charge is -2.03. The highest BCUT2D eigenvalue weighted by molar-refractivity contribution is 6.07. The van der Waals surface area contributed by atoms with Gasteiger partial charge < -0.3 is 10.1 Å². The molecule has 2 N–H and O–H groups in total. The molecule has 3 rings (SSSR count). The minimum absolute atomic E-state index is 0.191. The van der Waals surface area contributed by atoms with E-state index in [0.29, 0.717) is 11.4 Å². The smallest absolute Gasteiger partial charge is 0.335 e. The zero-order chi connectivity index (χ0) is 15.7. The van der Waals surface area contributed by atoms with Crippen LogP contribution < -0.4 is 0 Å². The van der Waals surface area contributed by atoms with Gasteiger partial charge in [0.25, 0.3) is 0 Å². The molecular weight excluding hydrogens is 280 g/mol. The summed E-state index contributed by atoms with van der Waals surface area (Å²) in [6, 6.07) is 9.97. The van der Waals surface area contributed by atoms with Crippen LogP contribution in [0.3, 0.4) is 0 Å². The summed E-state index contributed by atoms with van der Waals surface area (Å²) in [4.78, 5) is 30.0. The van der Waals surface area contributed by atoms with Crippen LogP contribution in [-0.2, 0) is 0 Å². The van der Waals surface area contributed by atoms with E-state index in [-0.39, 0.29) is 11.3 Å². The molecule has 108 valence electrons. The Balaban J connectivity index is 2.14. The number of nitrogens with zero attached hydrogens (tertiary/aromatic N) is 1. The number of hydrogen-bond donors (Lipinski definition) is 2. The van der Waals surface area contributed by atoms with Gasteiger partial charge in [0.15, 0.2) is 0 Å². The Morgan fingerprint density at radius 3 is 2.55 bits per heavy atom. The molecule has 0 radical (unpaired) electrons. The molecule has 0 bridgehead atoms. The fourth-order valence-electron chi connectivity index (χ4n) is 2.30. The molecule has 0 aliphatic rings. The van der Waals surface area contributed by atoms with Crippen molar-refractivity contribution >= 4 is 22.7 Å². The van der Waals surface area contributed by atoms with E-state index in [2.05, 4.69) is 16.5 Å². The highest BCUT2D eigenvalue weighted by Gasteiger charge is 2.12. The lowest BCUT2D eigenvalue weighted by molar-refractivity contribution is 0.0696. The monoisotopic (exact) mass is 292 g/mol. The first-order valence-corrected chi connectivity index (χ1v) is 6.58. The average molecular weight is 292 g/mol. The van der Waals surface area contributed by atoms with Crippen molar-refractivity contribution in [3.8, 4) is 11.3 Å².